The molecule has 1 atom stereocenters. The van der Waals surface area contributed by atoms with E-state index in [1.165, 1.54) is 16.5 Å². The van der Waals surface area contributed by atoms with E-state index in [1.807, 2.05) is 18.4 Å². The molecule has 3 heterocycles. The minimum absolute atomic E-state index is 0.0221. The average molecular weight is 305 g/mol. The number of hydrogen-bond donors (Lipinski definition) is 1. The van der Waals surface area contributed by atoms with Gasteiger partial charge in [-0.25, -0.2) is 4.79 Å². The van der Waals surface area contributed by atoms with Crippen LogP contribution in [0.4, 0.5) is 0 Å². The number of amides is 1. The van der Waals surface area contributed by atoms with Crippen LogP contribution in [0.25, 0.3) is 0 Å². The SMILES string of the molecule is Cc1cc(C(=O)N2CCc3sccc3C2C)oc1C(=O)O. The number of aromatic carboxylic acids is 1. The highest BCUT2D eigenvalue weighted by atomic mass is 32.1. The minimum atomic E-state index is -1.15. The maximum atomic E-state index is 12.6. The summed E-state index contributed by atoms with van der Waals surface area (Å²) in [4.78, 5) is 26.6. The third-order valence-electron chi connectivity index (χ3n) is 3.86. The second-order valence-corrected chi connectivity index (χ2v) is 6.15. The van der Waals surface area contributed by atoms with Gasteiger partial charge in [0.2, 0.25) is 5.76 Å². The van der Waals surface area contributed by atoms with Gasteiger partial charge < -0.3 is 14.4 Å². The number of aryl methyl sites for hydroxylation is 1. The highest BCUT2D eigenvalue weighted by Gasteiger charge is 2.31. The van der Waals surface area contributed by atoms with Crippen LogP contribution in [0.15, 0.2) is 21.9 Å². The number of carbonyl (C=O) groups is 2. The first-order chi connectivity index (χ1) is 9.99. The van der Waals surface area contributed by atoms with Crippen molar-refractivity contribution in [2.75, 3.05) is 6.54 Å². The Kier molecular flexibility index (Phi) is 3.33. The van der Waals surface area contributed by atoms with Gasteiger partial charge in [0.1, 0.15) is 0 Å². The van der Waals surface area contributed by atoms with Crippen molar-refractivity contribution in [1.82, 2.24) is 4.90 Å². The Morgan fingerprint density at radius 2 is 2.24 bits per heavy atom. The van der Waals surface area contributed by atoms with Crippen molar-refractivity contribution in [3.8, 4) is 0 Å². The fraction of sp³-hybridized carbons (Fsp3) is 0.333. The standard InChI is InChI=1S/C15H15NO4S/c1-8-7-11(20-13(8)15(18)19)14(17)16-5-3-12-10(9(16)2)4-6-21-12/h4,6-7,9H,3,5H2,1-2H3,(H,18,19). The fourth-order valence-corrected chi connectivity index (χ4v) is 3.69. The Morgan fingerprint density at radius 3 is 2.90 bits per heavy atom. The smallest absolute Gasteiger partial charge is 0.372 e. The van der Waals surface area contributed by atoms with Crippen molar-refractivity contribution < 1.29 is 19.1 Å². The van der Waals surface area contributed by atoms with Crippen LogP contribution in [0.1, 0.15) is 50.1 Å². The number of hydrogen-bond acceptors (Lipinski definition) is 4. The van der Waals surface area contributed by atoms with Gasteiger partial charge in [0.05, 0.1) is 6.04 Å². The molecule has 1 N–H and O–H groups in total. The molecule has 0 fully saturated rings. The van der Waals surface area contributed by atoms with E-state index in [4.69, 9.17) is 9.52 Å². The predicted molar refractivity (Wildman–Crippen MR) is 77.9 cm³/mol. The van der Waals surface area contributed by atoms with Crippen LogP contribution in [-0.4, -0.2) is 28.4 Å². The summed E-state index contributed by atoms with van der Waals surface area (Å²) in [6, 6.07) is 3.52. The fourth-order valence-electron chi connectivity index (χ4n) is 2.73. The predicted octanol–water partition coefficient (Wildman–Crippen LogP) is 3.11. The van der Waals surface area contributed by atoms with Gasteiger partial charge in [-0.3, -0.25) is 4.79 Å². The number of carbonyl (C=O) groups excluding carboxylic acids is 1. The normalized spacial score (nSPS) is 17.6. The molecule has 1 aliphatic rings. The Labute approximate surface area is 125 Å². The average Bonchev–Trinajstić information content (AvgIpc) is 3.05. The van der Waals surface area contributed by atoms with E-state index in [2.05, 4.69) is 0 Å². The molecule has 1 unspecified atom stereocenters. The molecule has 6 heteroatoms. The maximum Gasteiger partial charge on any atom is 0.372 e. The Morgan fingerprint density at radius 1 is 1.48 bits per heavy atom. The highest BCUT2D eigenvalue weighted by molar-refractivity contribution is 7.10. The lowest BCUT2D eigenvalue weighted by Crippen LogP contribution is -2.38. The van der Waals surface area contributed by atoms with Gasteiger partial charge in [-0.05, 0) is 43.3 Å². The van der Waals surface area contributed by atoms with Crippen molar-refractivity contribution in [1.29, 1.82) is 0 Å². The molecule has 3 rings (SSSR count). The minimum Gasteiger partial charge on any atom is -0.475 e. The van der Waals surface area contributed by atoms with E-state index in [1.54, 1.807) is 23.2 Å². The summed E-state index contributed by atoms with van der Waals surface area (Å²) in [5.74, 6) is -1.48. The Bertz CT molecular complexity index is 715. The number of carboxylic acid groups (broad SMARTS) is 1. The van der Waals surface area contributed by atoms with E-state index in [-0.39, 0.29) is 23.5 Å². The van der Waals surface area contributed by atoms with Crippen molar-refractivity contribution >= 4 is 23.2 Å². The summed E-state index contributed by atoms with van der Waals surface area (Å²) < 4.78 is 5.22. The van der Waals surface area contributed by atoms with Crippen LogP contribution < -0.4 is 0 Å². The first-order valence-electron chi connectivity index (χ1n) is 6.70. The van der Waals surface area contributed by atoms with E-state index >= 15 is 0 Å². The lowest BCUT2D eigenvalue weighted by atomic mass is 10.0. The number of thiophene rings is 1. The summed E-state index contributed by atoms with van der Waals surface area (Å²) in [6.45, 7) is 4.23. The number of rotatable bonds is 2. The molecule has 21 heavy (non-hydrogen) atoms. The number of fused-ring (bicyclic) bond motifs is 1. The zero-order valence-corrected chi connectivity index (χ0v) is 12.6. The molecule has 110 valence electrons. The molecule has 2 aromatic heterocycles. The molecule has 5 nitrogen and oxygen atoms in total. The van der Waals surface area contributed by atoms with Gasteiger partial charge in [-0.15, -0.1) is 11.3 Å². The summed E-state index contributed by atoms with van der Waals surface area (Å²) in [7, 11) is 0. The van der Waals surface area contributed by atoms with Gasteiger partial charge in [0.15, 0.2) is 5.76 Å². The first-order valence-corrected chi connectivity index (χ1v) is 7.58. The molecular weight excluding hydrogens is 290 g/mol. The van der Waals surface area contributed by atoms with Crippen LogP contribution in [0.3, 0.4) is 0 Å². The molecule has 0 saturated carbocycles. The molecule has 0 bridgehead atoms. The molecule has 2 aromatic rings. The van der Waals surface area contributed by atoms with Gasteiger partial charge in [0.25, 0.3) is 5.91 Å². The topological polar surface area (TPSA) is 70.8 Å². The molecule has 1 amide bonds. The van der Waals surface area contributed by atoms with Gasteiger partial charge in [-0.1, -0.05) is 0 Å². The van der Waals surface area contributed by atoms with E-state index in [0.717, 1.165) is 6.42 Å². The van der Waals surface area contributed by atoms with Crippen molar-refractivity contribution in [2.24, 2.45) is 0 Å². The van der Waals surface area contributed by atoms with Gasteiger partial charge >= 0.3 is 5.97 Å². The maximum absolute atomic E-state index is 12.6. The molecule has 0 spiro atoms. The quantitative estimate of drug-likeness (QED) is 0.925. The number of nitrogens with zero attached hydrogens (tertiary/aromatic N) is 1. The second kappa shape index (κ2) is 5.04. The zero-order chi connectivity index (χ0) is 15.1. The Balaban J connectivity index is 1.89. The van der Waals surface area contributed by atoms with Gasteiger partial charge in [-0.2, -0.15) is 0 Å². The highest BCUT2D eigenvalue weighted by Crippen LogP contribution is 2.34. The van der Waals surface area contributed by atoms with Crippen LogP contribution >= 0.6 is 11.3 Å². The van der Waals surface area contributed by atoms with Gasteiger partial charge in [0, 0.05) is 17.0 Å². The van der Waals surface area contributed by atoms with E-state index in [0.29, 0.717) is 12.1 Å². The monoisotopic (exact) mass is 305 g/mol. The Hall–Kier alpha value is -2.08. The summed E-state index contributed by atoms with van der Waals surface area (Å²) in [5, 5.41) is 11.0. The van der Waals surface area contributed by atoms with Crippen LogP contribution in [0.5, 0.6) is 0 Å². The van der Waals surface area contributed by atoms with Crippen molar-refractivity contribution in [3.05, 3.63) is 45.0 Å². The van der Waals surface area contributed by atoms with Crippen LogP contribution in [-0.2, 0) is 6.42 Å². The third kappa shape index (κ3) is 2.25. The first kappa shape index (κ1) is 13.9. The lowest BCUT2D eigenvalue weighted by Gasteiger charge is -2.33. The second-order valence-electron chi connectivity index (χ2n) is 5.15. The molecule has 1 aliphatic heterocycles. The molecule has 0 aliphatic carbocycles. The van der Waals surface area contributed by atoms with E-state index < -0.39 is 5.97 Å². The largest absolute Gasteiger partial charge is 0.475 e. The lowest BCUT2D eigenvalue weighted by molar-refractivity contribution is 0.0622. The zero-order valence-electron chi connectivity index (χ0n) is 11.8. The van der Waals surface area contributed by atoms with Crippen LogP contribution in [0.2, 0.25) is 0 Å². The molecular formula is C15H15NO4S. The molecule has 0 aromatic carbocycles. The number of carboxylic acids is 1. The summed E-state index contributed by atoms with van der Waals surface area (Å²) in [6.07, 6.45) is 0.828. The summed E-state index contributed by atoms with van der Waals surface area (Å²) in [5.41, 5.74) is 1.63. The molecule has 0 radical (unpaired) electrons. The third-order valence-corrected chi connectivity index (χ3v) is 4.86. The van der Waals surface area contributed by atoms with Crippen molar-refractivity contribution in [2.45, 2.75) is 26.3 Å². The van der Waals surface area contributed by atoms with Crippen molar-refractivity contribution in [3.63, 3.8) is 0 Å². The molecule has 0 saturated heterocycles. The van der Waals surface area contributed by atoms with E-state index in [9.17, 15) is 9.59 Å². The summed E-state index contributed by atoms with van der Waals surface area (Å²) >= 11 is 1.71. The number of furan rings is 1. The van der Waals surface area contributed by atoms with Crippen LogP contribution in [0, 0.1) is 6.92 Å².